The average molecular weight is 278 g/mol. The summed E-state index contributed by atoms with van der Waals surface area (Å²) in [7, 11) is 0. The number of carbonyl (C=O) groups is 2. The summed E-state index contributed by atoms with van der Waals surface area (Å²) in [6.45, 7) is -0.281. The lowest BCUT2D eigenvalue weighted by Crippen LogP contribution is -2.42. The highest BCUT2D eigenvalue weighted by Gasteiger charge is 2.33. The molecule has 1 amide bonds. The quantitative estimate of drug-likeness (QED) is 0.841. The Kier molecular flexibility index (Phi) is 3.42. The van der Waals surface area contributed by atoms with Gasteiger partial charge in [-0.05, 0) is 25.7 Å². The minimum absolute atomic E-state index is 0.00137. The van der Waals surface area contributed by atoms with Crippen molar-refractivity contribution in [1.82, 2.24) is 20.1 Å². The van der Waals surface area contributed by atoms with Gasteiger partial charge < -0.3 is 10.0 Å². The number of carbonyl (C=O) groups excluding carboxylic acids is 1. The van der Waals surface area contributed by atoms with Crippen molar-refractivity contribution in [3.63, 3.8) is 0 Å². The zero-order chi connectivity index (χ0) is 14.1. The number of carboxylic acid groups (broad SMARTS) is 1. The van der Waals surface area contributed by atoms with Gasteiger partial charge in [-0.15, -0.1) is 5.10 Å². The molecule has 0 atom stereocenters. The van der Waals surface area contributed by atoms with Gasteiger partial charge in [-0.25, -0.2) is 4.98 Å². The molecule has 1 aromatic rings. The van der Waals surface area contributed by atoms with Gasteiger partial charge in [0.2, 0.25) is 5.82 Å². The molecular formula is C13H18N4O3. The molecule has 2 fully saturated rings. The van der Waals surface area contributed by atoms with Crippen molar-refractivity contribution < 1.29 is 14.7 Å². The number of H-pyrrole nitrogens is 1. The first-order chi connectivity index (χ1) is 9.65. The van der Waals surface area contributed by atoms with E-state index >= 15 is 0 Å². The summed E-state index contributed by atoms with van der Waals surface area (Å²) in [6, 6.07) is 0.00137. The monoisotopic (exact) mass is 278 g/mol. The van der Waals surface area contributed by atoms with Crippen LogP contribution in [-0.2, 0) is 4.79 Å². The minimum Gasteiger partial charge on any atom is -0.480 e. The standard InChI is InChI=1S/C13H18N4O3/c18-10(19)7-17(9-3-1-2-4-9)13(20)12-14-11(15-16-12)8-5-6-8/h8-9H,1-7H2,(H,18,19)(H,14,15,16). The first kappa shape index (κ1) is 13.1. The van der Waals surface area contributed by atoms with Gasteiger partial charge in [0.1, 0.15) is 12.4 Å². The molecule has 0 unspecified atom stereocenters. The fourth-order valence-electron chi connectivity index (χ4n) is 2.77. The van der Waals surface area contributed by atoms with Gasteiger partial charge in [-0.1, -0.05) is 12.8 Å². The van der Waals surface area contributed by atoms with Crippen LogP contribution in [0.4, 0.5) is 0 Å². The Morgan fingerprint density at radius 3 is 2.55 bits per heavy atom. The minimum atomic E-state index is -0.997. The highest BCUT2D eigenvalue weighted by Crippen LogP contribution is 2.37. The van der Waals surface area contributed by atoms with E-state index in [1.54, 1.807) is 0 Å². The number of hydrogen-bond donors (Lipinski definition) is 2. The van der Waals surface area contributed by atoms with Crippen molar-refractivity contribution in [2.75, 3.05) is 6.54 Å². The van der Waals surface area contributed by atoms with Gasteiger partial charge in [0, 0.05) is 12.0 Å². The van der Waals surface area contributed by atoms with Crippen LogP contribution >= 0.6 is 0 Å². The maximum Gasteiger partial charge on any atom is 0.323 e. The normalized spacial score (nSPS) is 19.2. The Morgan fingerprint density at radius 2 is 1.95 bits per heavy atom. The lowest BCUT2D eigenvalue weighted by Gasteiger charge is -2.26. The molecule has 3 rings (SSSR count). The van der Waals surface area contributed by atoms with E-state index in [0.717, 1.165) is 44.3 Å². The van der Waals surface area contributed by atoms with Crippen LogP contribution in [0.1, 0.15) is 60.9 Å². The molecule has 7 nitrogen and oxygen atoms in total. The van der Waals surface area contributed by atoms with Crippen molar-refractivity contribution >= 4 is 11.9 Å². The van der Waals surface area contributed by atoms with Crippen molar-refractivity contribution in [3.8, 4) is 0 Å². The topological polar surface area (TPSA) is 99.2 Å². The molecule has 0 spiro atoms. The van der Waals surface area contributed by atoms with Crippen LogP contribution in [0.3, 0.4) is 0 Å². The van der Waals surface area contributed by atoms with E-state index in [1.807, 2.05) is 0 Å². The molecule has 2 saturated carbocycles. The summed E-state index contributed by atoms with van der Waals surface area (Å²) in [6.07, 6.45) is 5.94. The number of rotatable bonds is 5. The molecule has 1 aromatic heterocycles. The summed E-state index contributed by atoms with van der Waals surface area (Å²) < 4.78 is 0. The molecule has 7 heteroatoms. The third-order valence-electron chi connectivity index (χ3n) is 3.99. The molecule has 0 bridgehead atoms. The lowest BCUT2D eigenvalue weighted by molar-refractivity contribution is -0.138. The average Bonchev–Trinajstić information content (AvgIpc) is 2.95. The maximum atomic E-state index is 12.4. The Labute approximate surface area is 116 Å². The molecule has 2 N–H and O–H groups in total. The number of nitrogens with zero attached hydrogens (tertiary/aromatic N) is 3. The molecule has 2 aliphatic rings. The molecule has 108 valence electrons. The van der Waals surface area contributed by atoms with Crippen molar-refractivity contribution in [2.45, 2.75) is 50.5 Å². The fraction of sp³-hybridized carbons (Fsp3) is 0.692. The number of aliphatic carboxylic acids is 1. The van der Waals surface area contributed by atoms with Crippen LogP contribution < -0.4 is 0 Å². The van der Waals surface area contributed by atoms with Gasteiger partial charge >= 0.3 is 5.97 Å². The molecule has 0 saturated heterocycles. The van der Waals surface area contributed by atoms with Gasteiger partial charge in [0.05, 0.1) is 0 Å². The summed E-state index contributed by atoms with van der Waals surface area (Å²) in [5, 5.41) is 15.7. The van der Waals surface area contributed by atoms with Crippen molar-refractivity contribution in [2.24, 2.45) is 0 Å². The molecule has 0 aliphatic heterocycles. The Balaban J connectivity index is 1.76. The van der Waals surface area contributed by atoms with E-state index < -0.39 is 5.97 Å². The summed E-state index contributed by atoms with van der Waals surface area (Å²) in [4.78, 5) is 29.1. The van der Waals surface area contributed by atoms with Crippen molar-refractivity contribution in [3.05, 3.63) is 11.6 Å². The van der Waals surface area contributed by atoms with E-state index in [1.165, 1.54) is 4.90 Å². The predicted octanol–water partition coefficient (Wildman–Crippen LogP) is 1.15. The second-order valence-corrected chi connectivity index (χ2v) is 5.58. The van der Waals surface area contributed by atoms with E-state index in [4.69, 9.17) is 5.11 Å². The van der Waals surface area contributed by atoms with Crippen LogP contribution in [0.25, 0.3) is 0 Å². The highest BCUT2D eigenvalue weighted by molar-refractivity contribution is 5.92. The van der Waals surface area contributed by atoms with Crippen LogP contribution in [0, 0.1) is 0 Å². The van der Waals surface area contributed by atoms with Crippen molar-refractivity contribution in [1.29, 1.82) is 0 Å². The Morgan fingerprint density at radius 1 is 1.25 bits per heavy atom. The maximum absolute atomic E-state index is 12.4. The van der Waals surface area contributed by atoms with E-state index in [2.05, 4.69) is 15.2 Å². The smallest absolute Gasteiger partial charge is 0.323 e. The molecule has 2 aliphatic carbocycles. The third kappa shape index (κ3) is 2.66. The van der Waals surface area contributed by atoms with Gasteiger partial charge in [0.25, 0.3) is 5.91 Å². The second-order valence-electron chi connectivity index (χ2n) is 5.58. The van der Waals surface area contributed by atoms with Crippen LogP contribution in [0.5, 0.6) is 0 Å². The second kappa shape index (κ2) is 5.22. The first-order valence-electron chi connectivity index (χ1n) is 7.10. The number of aromatic amines is 1. The van der Waals surface area contributed by atoms with E-state index in [-0.39, 0.29) is 24.3 Å². The molecule has 1 heterocycles. The number of hydrogen-bond acceptors (Lipinski definition) is 4. The zero-order valence-corrected chi connectivity index (χ0v) is 11.2. The predicted molar refractivity (Wildman–Crippen MR) is 69.3 cm³/mol. The summed E-state index contributed by atoms with van der Waals surface area (Å²) in [5.41, 5.74) is 0. The van der Waals surface area contributed by atoms with Crippen LogP contribution in [-0.4, -0.2) is 49.7 Å². The number of aromatic nitrogens is 3. The number of amides is 1. The van der Waals surface area contributed by atoms with E-state index in [9.17, 15) is 9.59 Å². The molecule has 20 heavy (non-hydrogen) atoms. The lowest BCUT2D eigenvalue weighted by atomic mass is 10.2. The number of carboxylic acids is 1. The molecule has 0 aromatic carbocycles. The molecular weight excluding hydrogens is 260 g/mol. The van der Waals surface area contributed by atoms with E-state index in [0.29, 0.717) is 5.92 Å². The third-order valence-corrected chi connectivity index (χ3v) is 3.99. The Bertz CT molecular complexity index is 517. The van der Waals surface area contributed by atoms with Crippen LogP contribution in [0.15, 0.2) is 0 Å². The SMILES string of the molecule is O=C(O)CN(C(=O)c1n[nH]c(C2CC2)n1)C1CCCC1. The molecule has 0 radical (unpaired) electrons. The zero-order valence-electron chi connectivity index (χ0n) is 11.2. The summed E-state index contributed by atoms with van der Waals surface area (Å²) in [5.74, 6) is -0.135. The first-order valence-corrected chi connectivity index (χ1v) is 7.10. The largest absolute Gasteiger partial charge is 0.480 e. The van der Waals surface area contributed by atoms with Gasteiger partial charge in [-0.2, -0.15) is 0 Å². The highest BCUT2D eigenvalue weighted by atomic mass is 16.4. The summed E-state index contributed by atoms with van der Waals surface area (Å²) >= 11 is 0. The van der Waals surface area contributed by atoms with Gasteiger partial charge in [-0.3, -0.25) is 14.7 Å². The van der Waals surface area contributed by atoms with Crippen LogP contribution in [0.2, 0.25) is 0 Å². The van der Waals surface area contributed by atoms with Gasteiger partial charge in [0.15, 0.2) is 0 Å². The number of nitrogens with one attached hydrogen (secondary N) is 1. The Hall–Kier alpha value is -1.92. The fourth-order valence-corrected chi connectivity index (χ4v) is 2.77.